The Morgan fingerprint density at radius 3 is 2.68 bits per heavy atom. The van der Waals surface area contributed by atoms with Crippen molar-refractivity contribution >= 4 is 5.65 Å². The molecule has 22 heavy (non-hydrogen) atoms. The minimum Gasteiger partial charge on any atom is -0.286 e. The van der Waals surface area contributed by atoms with Crippen LogP contribution in [0.4, 0.5) is 0 Å². The zero-order valence-corrected chi connectivity index (χ0v) is 12.1. The van der Waals surface area contributed by atoms with E-state index in [1.165, 1.54) is 0 Å². The van der Waals surface area contributed by atoms with Gasteiger partial charge in [-0.1, -0.05) is 6.07 Å². The van der Waals surface area contributed by atoms with Crippen LogP contribution in [0, 0.1) is 13.8 Å². The Labute approximate surface area is 126 Å². The molecule has 0 aromatic carbocycles. The molecule has 0 aliphatic rings. The van der Waals surface area contributed by atoms with E-state index < -0.39 is 0 Å². The van der Waals surface area contributed by atoms with Crippen LogP contribution in [0.15, 0.2) is 36.7 Å². The lowest BCUT2D eigenvalue weighted by Crippen LogP contribution is -1.93. The SMILES string of the molecule is Cc1cccnc1-c1n[nH]nc1-c1ccc2nnc(C)n2c1. The number of H-pyrrole nitrogens is 1. The summed E-state index contributed by atoms with van der Waals surface area (Å²) in [6, 6.07) is 7.79. The summed E-state index contributed by atoms with van der Waals surface area (Å²) in [5.74, 6) is 0.830. The lowest BCUT2D eigenvalue weighted by molar-refractivity contribution is 0.941. The highest BCUT2D eigenvalue weighted by Gasteiger charge is 2.16. The molecule has 0 saturated carbocycles. The van der Waals surface area contributed by atoms with Gasteiger partial charge in [0.2, 0.25) is 0 Å². The van der Waals surface area contributed by atoms with Crippen LogP contribution in [0.3, 0.4) is 0 Å². The summed E-state index contributed by atoms with van der Waals surface area (Å²) in [5.41, 5.74) is 5.12. The average Bonchev–Trinajstić information content (AvgIpc) is 3.15. The molecular formula is C15H13N7. The van der Waals surface area contributed by atoms with Crippen LogP contribution < -0.4 is 0 Å². The van der Waals surface area contributed by atoms with Gasteiger partial charge in [-0.15, -0.1) is 10.2 Å². The molecule has 0 radical (unpaired) electrons. The van der Waals surface area contributed by atoms with E-state index in [0.717, 1.165) is 39.7 Å². The van der Waals surface area contributed by atoms with Gasteiger partial charge in [-0.2, -0.15) is 15.4 Å². The van der Waals surface area contributed by atoms with Crippen LogP contribution in [-0.4, -0.2) is 35.0 Å². The quantitative estimate of drug-likeness (QED) is 0.612. The molecule has 7 heteroatoms. The van der Waals surface area contributed by atoms with Crippen LogP contribution in [0.5, 0.6) is 0 Å². The van der Waals surface area contributed by atoms with Gasteiger partial charge in [0, 0.05) is 18.0 Å². The van der Waals surface area contributed by atoms with Crippen LogP contribution in [0.2, 0.25) is 0 Å². The first-order valence-electron chi connectivity index (χ1n) is 6.88. The highest BCUT2D eigenvalue weighted by atomic mass is 15.3. The fourth-order valence-electron chi connectivity index (χ4n) is 2.48. The molecule has 4 aromatic heterocycles. The summed E-state index contributed by atoms with van der Waals surface area (Å²) in [6.45, 7) is 3.92. The maximum absolute atomic E-state index is 4.42. The molecule has 4 heterocycles. The number of hydrogen-bond donors (Lipinski definition) is 1. The Kier molecular flexibility index (Phi) is 2.72. The molecule has 0 bridgehead atoms. The molecule has 0 spiro atoms. The van der Waals surface area contributed by atoms with Gasteiger partial charge < -0.3 is 0 Å². The van der Waals surface area contributed by atoms with Crippen molar-refractivity contribution in [2.24, 2.45) is 0 Å². The number of aromatic amines is 1. The van der Waals surface area contributed by atoms with Crippen molar-refractivity contribution in [2.75, 3.05) is 0 Å². The molecule has 0 aliphatic heterocycles. The highest BCUT2D eigenvalue weighted by molar-refractivity contribution is 5.77. The maximum atomic E-state index is 4.42. The zero-order chi connectivity index (χ0) is 15.1. The fraction of sp³-hybridized carbons (Fsp3) is 0.133. The molecule has 0 saturated heterocycles. The van der Waals surface area contributed by atoms with E-state index in [0.29, 0.717) is 0 Å². The molecule has 7 nitrogen and oxygen atoms in total. The van der Waals surface area contributed by atoms with Gasteiger partial charge in [0.1, 0.15) is 17.2 Å². The number of rotatable bonds is 2. The smallest absolute Gasteiger partial charge is 0.160 e. The van der Waals surface area contributed by atoms with Gasteiger partial charge >= 0.3 is 0 Å². The highest BCUT2D eigenvalue weighted by Crippen LogP contribution is 2.28. The summed E-state index contributed by atoms with van der Waals surface area (Å²) >= 11 is 0. The molecule has 0 unspecified atom stereocenters. The van der Waals surface area contributed by atoms with Gasteiger partial charge in [-0.25, -0.2) is 0 Å². The fourth-order valence-corrected chi connectivity index (χ4v) is 2.48. The molecule has 0 fully saturated rings. The number of fused-ring (bicyclic) bond motifs is 1. The Morgan fingerprint density at radius 2 is 1.82 bits per heavy atom. The Balaban J connectivity index is 1.91. The molecular weight excluding hydrogens is 278 g/mol. The topological polar surface area (TPSA) is 84.6 Å². The van der Waals surface area contributed by atoms with Crippen molar-refractivity contribution in [1.82, 2.24) is 35.0 Å². The third kappa shape index (κ3) is 1.86. The molecule has 1 N–H and O–H groups in total. The van der Waals surface area contributed by atoms with Gasteiger partial charge in [0.25, 0.3) is 0 Å². The summed E-state index contributed by atoms with van der Waals surface area (Å²) < 4.78 is 1.93. The predicted molar refractivity (Wildman–Crippen MR) is 81.1 cm³/mol. The Hall–Kier alpha value is -3.09. The largest absolute Gasteiger partial charge is 0.286 e. The van der Waals surface area contributed by atoms with Gasteiger partial charge in [0.05, 0.1) is 5.69 Å². The maximum Gasteiger partial charge on any atom is 0.160 e. The lowest BCUT2D eigenvalue weighted by atomic mass is 10.1. The minimum atomic E-state index is 0.739. The Bertz CT molecular complexity index is 967. The van der Waals surface area contributed by atoms with E-state index in [1.807, 2.05) is 48.7 Å². The van der Waals surface area contributed by atoms with E-state index in [4.69, 9.17) is 0 Å². The second-order valence-electron chi connectivity index (χ2n) is 5.08. The van der Waals surface area contributed by atoms with Crippen LogP contribution >= 0.6 is 0 Å². The van der Waals surface area contributed by atoms with E-state index in [1.54, 1.807) is 6.20 Å². The third-order valence-electron chi connectivity index (χ3n) is 3.63. The van der Waals surface area contributed by atoms with E-state index >= 15 is 0 Å². The van der Waals surface area contributed by atoms with Crippen molar-refractivity contribution < 1.29 is 0 Å². The first kappa shape index (κ1) is 12.6. The summed E-state index contributed by atoms with van der Waals surface area (Å²) in [6.07, 6.45) is 3.72. The molecule has 4 aromatic rings. The van der Waals surface area contributed by atoms with E-state index in [9.17, 15) is 0 Å². The molecule has 0 amide bonds. The number of aryl methyl sites for hydroxylation is 2. The van der Waals surface area contributed by atoms with Crippen molar-refractivity contribution in [3.05, 3.63) is 48.0 Å². The minimum absolute atomic E-state index is 0.739. The van der Waals surface area contributed by atoms with Crippen LogP contribution in [0.1, 0.15) is 11.4 Å². The molecule has 0 atom stereocenters. The monoisotopic (exact) mass is 291 g/mol. The van der Waals surface area contributed by atoms with Crippen molar-refractivity contribution in [1.29, 1.82) is 0 Å². The second-order valence-corrected chi connectivity index (χ2v) is 5.08. The molecule has 0 aliphatic carbocycles. The van der Waals surface area contributed by atoms with E-state index in [2.05, 4.69) is 30.6 Å². The third-order valence-corrected chi connectivity index (χ3v) is 3.63. The van der Waals surface area contributed by atoms with Crippen LogP contribution in [-0.2, 0) is 0 Å². The second kappa shape index (κ2) is 4.73. The zero-order valence-electron chi connectivity index (χ0n) is 12.1. The Morgan fingerprint density at radius 1 is 0.955 bits per heavy atom. The van der Waals surface area contributed by atoms with E-state index in [-0.39, 0.29) is 0 Å². The summed E-state index contributed by atoms with van der Waals surface area (Å²) in [5, 5.41) is 19.4. The van der Waals surface area contributed by atoms with Crippen molar-refractivity contribution in [3.8, 4) is 22.6 Å². The lowest BCUT2D eigenvalue weighted by Gasteiger charge is -2.04. The number of aromatic nitrogens is 7. The summed E-state index contributed by atoms with van der Waals surface area (Å²) in [7, 11) is 0. The van der Waals surface area contributed by atoms with Gasteiger partial charge in [-0.05, 0) is 37.6 Å². The first-order valence-corrected chi connectivity index (χ1v) is 6.88. The van der Waals surface area contributed by atoms with Crippen molar-refractivity contribution in [2.45, 2.75) is 13.8 Å². The van der Waals surface area contributed by atoms with Crippen molar-refractivity contribution in [3.63, 3.8) is 0 Å². The van der Waals surface area contributed by atoms with Gasteiger partial charge in [-0.3, -0.25) is 9.38 Å². The van der Waals surface area contributed by atoms with Crippen LogP contribution in [0.25, 0.3) is 28.3 Å². The standard InChI is InChI=1S/C15H13N7/c1-9-4-3-7-16-13(9)15-14(19-21-20-15)11-5-6-12-18-17-10(2)22(12)8-11/h3-8H,1-2H3,(H,19,20,21). The molecule has 4 rings (SSSR count). The van der Waals surface area contributed by atoms with Gasteiger partial charge in [0.15, 0.2) is 5.65 Å². The number of pyridine rings is 2. The normalized spacial score (nSPS) is 11.2. The average molecular weight is 291 g/mol. The number of nitrogens with one attached hydrogen (secondary N) is 1. The first-order chi connectivity index (χ1) is 10.7. The predicted octanol–water partition coefficient (Wildman–Crippen LogP) is 2.19. The number of nitrogens with zero attached hydrogens (tertiary/aromatic N) is 6. The molecule has 108 valence electrons. The summed E-state index contributed by atoms with van der Waals surface area (Å²) in [4.78, 5) is 4.42. The number of hydrogen-bond acceptors (Lipinski definition) is 5.